The number of carbonyl (C=O) groups is 3. The third kappa shape index (κ3) is 5.68. The zero-order valence-electron chi connectivity index (χ0n) is 12.6. The number of hydrogen-bond donors (Lipinski definition) is 1. The molecule has 0 aromatic heterocycles. The Morgan fingerprint density at radius 3 is 2.33 bits per heavy atom. The van der Waals surface area contributed by atoms with Gasteiger partial charge in [-0.2, -0.15) is 0 Å². The summed E-state index contributed by atoms with van der Waals surface area (Å²) in [6.07, 6.45) is -1.68. The predicted octanol–water partition coefficient (Wildman–Crippen LogP) is -0.253. The third-order valence-electron chi connectivity index (χ3n) is 2.93. The van der Waals surface area contributed by atoms with E-state index in [-0.39, 0.29) is 12.5 Å². The van der Waals surface area contributed by atoms with E-state index >= 15 is 0 Å². The summed E-state index contributed by atoms with van der Waals surface area (Å²) in [5.74, 6) is -1.18. The van der Waals surface area contributed by atoms with E-state index < -0.39 is 36.5 Å². The van der Waals surface area contributed by atoms with E-state index in [2.05, 4.69) is 5.32 Å². The molecular formula is C13H21NO7. The Morgan fingerprint density at radius 1 is 1.19 bits per heavy atom. The van der Waals surface area contributed by atoms with Gasteiger partial charge in [0.2, 0.25) is 5.91 Å². The second-order valence-electron chi connectivity index (χ2n) is 4.77. The lowest BCUT2D eigenvalue weighted by molar-refractivity contribution is -0.240. The summed E-state index contributed by atoms with van der Waals surface area (Å²) in [4.78, 5) is 33.3. The maximum Gasteiger partial charge on any atom is 0.302 e. The molecule has 0 spiro atoms. The average Bonchev–Trinajstić information content (AvgIpc) is 2.36. The summed E-state index contributed by atoms with van der Waals surface area (Å²) in [6.45, 7) is 3.87. The van der Waals surface area contributed by atoms with Crippen molar-refractivity contribution in [2.75, 3.05) is 13.7 Å². The van der Waals surface area contributed by atoms with Gasteiger partial charge in [0.05, 0.1) is 6.04 Å². The average molecular weight is 303 g/mol. The van der Waals surface area contributed by atoms with E-state index in [0.717, 1.165) is 0 Å². The van der Waals surface area contributed by atoms with E-state index in [1.54, 1.807) is 0 Å². The third-order valence-corrected chi connectivity index (χ3v) is 2.93. The largest absolute Gasteiger partial charge is 0.463 e. The molecule has 0 radical (unpaired) electrons. The van der Waals surface area contributed by atoms with Crippen LogP contribution < -0.4 is 5.32 Å². The van der Waals surface area contributed by atoms with Crippen molar-refractivity contribution in [3.8, 4) is 0 Å². The number of methoxy groups -OCH3 is 1. The van der Waals surface area contributed by atoms with Crippen molar-refractivity contribution in [3.05, 3.63) is 0 Å². The molecule has 0 aromatic carbocycles. The van der Waals surface area contributed by atoms with E-state index in [1.165, 1.54) is 27.9 Å². The fourth-order valence-corrected chi connectivity index (χ4v) is 2.16. The number of ether oxygens (including phenoxy) is 4. The first-order valence-electron chi connectivity index (χ1n) is 6.59. The van der Waals surface area contributed by atoms with Crippen LogP contribution in [0.2, 0.25) is 0 Å². The van der Waals surface area contributed by atoms with E-state index in [9.17, 15) is 14.4 Å². The quantitative estimate of drug-likeness (QED) is 0.699. The Morgan fingerprint density at radius 2 is 1.86 bits per heavy atom. The molecule has 4 atom stereocenters. The topological polar surface area (TPSA) is 100 Å². The van der Waals surface area contributed by atoms with Crippen LogP contribution in [0.15, 0.2) is 0 Å². The monoisotopic (exact) mass is 303 g/mol. The molecule has 1 rings (SSSR count). The number of rotatable bonds is 5. The predicted molar refractivity (Wildman–Crippen MR) is 70.1 cm³/mol. The molecule has 8 heteroatoms. The number of hydrogen-bond acceptors (Lipinski definition) is 7. The molecule has 0 bridgehead atoms. The van der Waals surface area contributed by atoms with Gasteiger partial charge in [-0.1, -0.05) is 0 Å². The molecule has 1 aliphatic rings. The van der Waals surface area contributed by atoms with Crippen molar-refractivity contribution in [3.63, 3.8) is 0 Å². The molecule has 8 nitrogen and oxygen atoms in total. The molecule has 1 saturated heterocycles. The van der Waals surface area contributed by atoms with Crippen molar-refractivity contribution in [1.29, 1.82) is 0 Å². The van der Waals surface area contributed by atoms with Crippen LogP contribution in [0.4, 0.5) is 0 Å². The highest BCUT2D eigenvalue weighted by Gasteiger charge is 2.41. The van der Waals surface area contributed by atoms with Gasteiger partial charge in [-0.15, -0.1) is 0 Å². The highest BCUT2D eigenvalue weighted by Crippen LogP contribution is 2.24. The SMILES string of the molecule is COC1OC(COC(C)=O)C(OC(C)=O)CC1NC(C)=O. The van der Waals surface area contributed by atoms with Gasteiger partial charge < -0.3 is 24.3 Å². The lowest BCUT2D eigenvalue weighted by atomic mass is 10.00. The van der Waals surface area contributed by atoms with Gasteiger partial charge in [0.25, 0.3) is 0 Å². The summed E-state index contributed by atoms with van der Waals surface area (Å²) in [7, 11) is 1.44. The van der Waals surface area contributed by atoms with Crippen molar-refractivity contribution in [2.45, 2.75) is 51.7 Å². The summed E-state index contributed by atoms with van der Waals surface area (Å²) in [5, 5.41) is 2.68. The minimum Gasteiger partial charge on any atom is -0.463 e. The fraction of sp³-hybridized carbons (Fsp3) is 0.769. The van der Waals surface area contributed by atoms with Gasteiger partial charge in [-0.25, -0.2) is 0 Å². The first kappa shape index (κ1) is 17.4. The van der Waals surface area contributed by atoms with Gasteiger partial charge >= 0.3 is 11.9 Å². The first-order valence-corrected chi connectivity index (χ1v) is 6.59. The molecule has 0 aromatic rings. The highest BCUT2D eigenvalue weighted by molar-refractivity contribution is 5.73. The van der Waals surface area contributed by atoms with Crippen molar-refractivity contribution in [2.24, 2.45) is 0 Å². The van der Waals surface area contributed by atoms with Crippen molar-refractivity contribution in [1.82, 2.24) is 5.32 Å². The van der Waals surface area contributed by atoms with Gasteiger partial charge in [0.15, 0.2) is 6.29 Å². The maximum atomic E-state index is 11.2. The molecule has 1 aliphatic heterocycles. The standard InChI is InChI=1S/C13H21NO7/c1-7(15)14-10-5-11(20-9(3)17)12(6-19-8(2)16)21-13(10)18-4/h10-13H,5-6H2,1-4H3,(H,14,15). The van der Waals surface area contributed by atoms with E-state index in [0.29, 0.717) is 6.42 Å². The molecule has 21 heavy (non-hydrogen) atoms. The summed E-state index contributed by atoms with van der Waals surface area (Å²) in [5.41, 5.74) is 0. The zero-order valence-corrected chi connectivity index (χ0v) is 12.6. The Bertz CT molecular complexity index is 398. The molecule has 1 amide bonds. The van der Waals surface area contributed by atoms with Crippen LogP contribution in [0.5, 0.6) is 0 Å². The van der Waals surface area contributed by atoms with Gasteiger partial charge in [-0.3, -0.25) is 14.4 Å². The van der Waals surface area contributed by atoms with Crippen LogP contribution in [0.3, 0.4) is 0 Å². The highest BCUT2D eigenvalue weighted by atomic mass is 16.7. The molecular weight excluding hydrogens is 282 g/mol. The smallest absolute Gasteiger partial charge is 0.302 e. The van der Waals surface area contributed by atoms with Crippen LogP contribution in [-0.2, 0) is 33.3 Å². The Labute approximate surface area is 123 Å². The van der Waals surface area contributed by atoms with Crippen molar-refractivity contribution < 1.29 is 33.3 Å². The minimum atomic E-state index is -0.707. The molecule has 1 fully saturated rings. The zero-order chi connectivity index (χ0) is 16.0. The first-order chi connectivity index (χ1) is 9.83. The van der Waals surface area contributed by atoms with Crippen LogP contribution in [0.1, 0.15) is 27.2 Å². The van der Waals surface area contributed by atoms with Gasteiger partial charge in [0.1, 0.15) is 18.8 Å². The number of esters is 2. The van der Waals surface area contributed by atoms with Crippen molar-refractivity contribution >= 4 is 17.8 Å². The second kappa shape index (κ2) is 7.94. The minimum absolute atomic E-state index is 0.0556. The number of carbonyl (C=O) groups excluding carboxylic acids is 3. The van der Waals surface area contributed by atoms with Gasteiger partial charge in [0, 0.05) is 34.3 Å². The van der Waals surface area contributed by atoms with Crippen LogP contribution in [0.25, 0.3) is 0 Å². The van der Waals surface area contributed by atoms with Gasteiger partial charge in [-0.05, 0) is 0 Å². The summed E-state index contributed by atoms with van der Waals surface area (Å²) in [6, 6.07) is -0.453. The lowest BCUT2D eigenvalue weighted by Crippen LogP contribution is -2.56. The fourth-order valence-electron chi connectivity index (χ4n) is 2.16. The molecule has 1 N–H and O–H groups in total. The number of amides is 1. The second-order valence-corrected chi connectivity index (χ2v) is 4.77. The van der Waals surface area contributed by atoms with E-state index in [1.807, 2.05) is 0 Å². The summed E-state index contributed by atoms with van der Waals surface area (Å²) < 4.78 is 20.9. The maximum absolute atomic E-state index is 11.2. The molecule has 4 unspecified atom stereocenters. The molecule has 0 saturated carbocycles. The Kier molecular flexibility index (Phi) is 6.57. The van der Waals surface area contributed by atoms with Crippen LogP contribution in [0, 0.1) is 0 Å². The normalized spacial score (nSPS) is 28.6. The number of nitrogens with one attached hydrogen (secondary N) is 1. The van der Waals surface area contributed by atoms with Crippen LogP contribution in [-0.4, -0.2) is 56.1 Å². The van der Waals surface area contributed by atoms with Crippen LogP contribution >= 0.6 is 0 Å². The Balaban J connectivity index is 2.78. The molecule has 0 aliphatic carbocycles. The molecule has 120 valence electrons. The lowest BCUT2D eigenvalue weighted by Gasteiger charge is -2.39. The molecule has 1 heterocycles. The Hall–Kier alpha value is -1.67. The summed E-state index contributed by atoms with van der Waals surface area (Å²) >= 11 is 0. The van der Waals surface area contributed by atoms with E-state index in [4.69, 9.17) is 18.9 Å².